The summed E-state index contributed by atoms with van der Waals surface area (Å²) >= 11 is 0. The minimum Gasteiger partial charge on any atom is -0.376 e. The van der Waals surface area contributed by atoms with Gasteiger partial charge in [-0.1, -0.05) is 13.8 Å². The Labute approximate surface area is 89.8 Å². The molecule has 1 aromatic heterocycles. The normalized spacial score (nSPS) is 15.4. The lowest BCUT2D eigenvalue weighted by atomic mass is 9.99. The topological polar surface area (TPSA) is 42.1 Å². The molecule has 0 unspecified atom stereocenters. The van der Waals surface area contributed by atoms with Crippen molar-refractivity contribution in [3.05, 3.63) is 22.5 Å². The minimum atomic E-state index is 0.436. The van der Waals surface area contributed by atoms with Crippen molar-refractivity contribution in [2.24, 2.45) is 0 Å². The second-order valence-corrected chi connectivity index (χ2v) is 4.30. The number of carbonyl (C=O) groups is 1. The van der Waals surface area contributed by atoms with Crippen LogP contribution in [0.3, 0.4) is 0 Å². The Balaban J connectivity index is 2.45. The molecule has 0 saturated heterocycles. The standard InChI is InChI=1S/C12H17NO2/c1-8(2)12-9(3-5-14)10-7-15-6-4-11(10)13-12/h5,8,13H,3-4,6-7H2,1-2H3. The maximum Gasteiger partial charge on any atom is 0.124 e. The lowest BCUT2D eigenvalue weighted by Gasteiger charge is -2.13. The Bertz CT molecular complexity index is 366. The van der Waals surface area contributed by atoms with Crippen LogP contribution >= 0.6 is 0 Å². The highest BCUT2D eigenvalue weighted by molar-refractivity contribution is 5.58. The molecule has 82 valence electrons. The number of ether oxygens (including phenoxy) is 1. The van der Waals surface area contributed by atoms with E-state index in [-0.39, 0.29) is 0 Å². The average Bonchev–Trinajstić information content (AvgIpc) is 2.58. The van der Waals surface area contributed by atoms with Crippen molar-refractivity contribution in [3.63, 3.8) is 0 Å². The lowest BCUT2D eigenvalue weighted by molar-refractivity contribution is -0.107. The first kappa shape index (κ1) is 10.4. The predicted octanol–water partition coefficient (Wildman–Crippen LogP) is 1.95. The summed E-state index contributed by atoms with van der Waals surface area (Å²) in [4.78, 5) is 14.1. The number of hydrogen-bond donors (Lipinski definition) is 1. The van der Waals surface area contributed by atoms with Gasteiger partial charge >= 0.3 is 0 Å². The Morgan fingerprint density at radius 2 is 2.33 bits per heavy atom. The third-order valence-corrected chi connectivity index (χ3v) is 2.95. The summed E-state index contributed by atoms with van der Waals surface area (Å²) < 4.78 is 5.44. The smallest absolute Gasteiger partial charge is 0.124 e. The number of carbonyl (C=O) groups excluding carboxylic acids is 1. The van der Waals surface area contributed by atoms with Crippen LogP contribution in [0.2, 0.25) is 0 Å². The van der Waals surface area contributed by atoms with E-state index in [1.165, 1.54) is 17.0 Å². The van der Waals surface area contributed by atoms with Gasteiger partial charge < -0.3 is 14.5 Å². The fourth-order valence-electron chi connectivity index (χ4n) is 2.20. The van der Waals surface area contributed by atoms with Crippen LogP contribution in [-0.4, -0.2) is 17.9 Å². The van der Waals surface area contributed by atoms with Crippen LogP contribution < -0.4 is 0 Å². The van der Waals surface area contributed by atoms with E-state index in [0.717, 1.165) is 24.9 Å². The van der Waals surface area contributed by atoms with Crippen LogP contribution in [0.1, 0.15) is 42.3 Å². The van der Waals surface area contributed by atoms with Gasteiger partial charge in [-0.15, -0.1) is 0 Å². The maximum atomic E-state index is 10.7. The van der Waals surface area contributed by atoms with E-state index in [0.29, 0.717) is 18.9 Å². The zero-order valence-electron chi connectivity index (χ0n) is 9.30. The molecule has 2 heterocycles. The van der Waals surface area contributed by atoms with Crippen LogP contribution in [0.25, 0.3) is 0 Å². The molecule has 0 atom stereocenters. The van der Waals surface area contributed by atoms with Crippen LogP contribution in [0.4, 0.5) is 0 Å². The van der Waals surface area contributed by atoms with Gasteiger partial charge in [0, 0.05) is 29.8 Å². The molecule has 1 aliphatic rings. The molecule has 0 amide bonds. The average molecular weight is 207 g/mol. The number of rotatable bonds is 3. The Hall–Kier alpha value is -1.09. The van der Waals surface area contributed by atoms with E-state index in [4.69, 9.17) is 4.74 Å². The first-order valence-electron chi connectivity index (χ1n) is 5.48. The molecule has 1 N–H and O–H groups in total. The molecule has 0 spiro atoms. The molecule has 1 aliphatic heterocycles. The molecule has 0 aromatic carbocycles. The second kappa shape index (κ2) is 4.19. The van der Waals surface area contributed by atoms with Crippen molar-refractivity contribution < 1.29 is 9.53 Å². The third kappa shape index (κ3) is 1.84. The Morgan fingerprint density at radius 1 is 1.53 bits per heavy atom. The molecule has 2 rings (SSSR count). The van der Waals surface area contributed by atoms with E-state index < -0.39 is 0 Å². The van der Waals surface area contributed by atoms with Gasteiger partial charge in [0.2, 0.25) is 0 Å². The van der Waals surface area contributed by atoms with Crippen molar-refractivity contribution in [1.82, 2.24) is 4.98 Å². The summed E-state index contributed by atoms with van der Waals surface area (Å²) in [6.45, 7) is 5.73. The highest BCUT2D eigenvalue weighted by Gasteiger charge is 2.21. The minimum absolute atomic E-state index is 0.436. The Kier molecular flexibility index (Phi) is 2.91. The molecule has 0 fully saturated rings. The second-order valence-electron chi connectivity index (χ2n) is 4.30. The number of aromatic nitrogens is 1. The van der Waals surface area contributed by atoms with Crippen molar-refractivity contribution >= 4 is 6.29 Å². The molecule has 3 heteroatoms. The quantitative estimate of drug-likeness (QED) is 0.770. The molecule has 1 aromatic rings. The SMILES string of the molecule is CC(C)c1[nH]c2c(c1CC=O)COCC2. The third-order valence-electron chi connectivity index (χ3n) is 2.95. The highest BCUT2D eigenvalue weighted by Crippen LogP contribution is 2.28. The molecule has 0 saturated carbocycles. The van der Waals surface area contributed by atoms with Gasteiger partial charge in [0.25, 0.3) is 0 Å². The number of hydrogen-bond acceptors (Lipinski definition) is 2. The van der Waals surface area contributed by atoms with E-state index in [1.54, 1.807) is 0 Å². The molecule has 0 radical (unpaired) electrons. The lowest BCUT2D eigenvalue weighted by Crippen LogP contribution is -2.09. The summed E-state index contributed by atoms with van der Waals surface area (Å²) in [6.07, 6.45) is 2.42. The summed E-state index contributed by atoms with van der Waals surface area (Å²) in [7, 11) is 0. The van der Waals surface area contributed by atoms with Crippen LogP contribution in [0.15, 0.2) is 0 Å². The monoisotopic (exact) mass is 207 g/mol. The van der Waals surface area contributed by atoms with E-state index in [9.17, 15) is 4.79 Å². The van der Waals surface area contributed by atoms with Gasteiger partial charge in [-0.05, 0) is 11.5 Å². The van der Waals surface area contributed by atoms with Crippen molar-refractivity contribution in [3.8, 4) is 0 Å². The van der Waals surface area contributed by atoms with Gasteiger partial charge in [-0.3, -0.25) is 0 Å². The maximum absolute atomic E-state index is 10.7. The van der Waals surface area contributed by atoms with E-state index >= 15 is 0 Å². The first-order chi connectivity index (χ1) is 7.24. The predicted molar refractivity (Wildman–Crippen MR) is 58.0 cm³/mol. The molecular formula is C12H17NO2. The summed E-state index contributed by atoms with van der Waals surface area (Å²) in [5.74, 6) is 0.436. The van der Waals surface area contributed by atoms with Crippen molar-refractivity contribution in [2.75, 3.05) is 6.61 Å². The summed E-state index contributed by atoms with van der Waals surface area (Å²) in [6, 6.07) is 0. The van der Waals surface area contributed by atoms with Crippen LogP contribution in [0.5, 0.6) is 0 Å². The molecular weight excluding hydrogens is 190 g/mol. The molecule has 15 heavy (non-hydrogen) atoms. The number of aldehydes is 1. The zero-order valence-corrected chi connectivity index (χ0v) is 9.30. The largest absolute Gasteiger partial charge is 0.376 e. The Morgan fingerprint density at radius 3 is 3.00 bits per heavy atom. The van der Waals surface area contributed by atoms with Crippen LogP contribution in [-0.2, 0) is 29.0 Å². The molecule has 0 aliphatic carbocycles. The number of fused-ring (bicyclic) bond motifs is 1. The van der Waals surface area contributed by atoms with Crippen molar-refractivity contribution in [2.45, 2.75) is 39.2 Å². The van der Waals surface area contributed by atoms with Crippen LogP contribution in [0, 0.1) is 0 Å². The summed E-state index contributed by atoms with van der Waals surface area (Å²) in [5, 5.41) is 0. The van der Waals surface area contributed by atoms with E-state index in [1.807, 2.05) is 0 Å². The first-order valence-corrected chi connectivity index (χ1v) is 5.48. The van der Waals surface area contributed by atoms with Gasteiger partial charge in [-0.2, -0.15) is 0 Å². The fourth-order valence-corrected chi connectivity index (χ4v) is 2.20. The van der Waals surface area contributed by atoms with Gasteiger partial charge in [0.1, 0.15) is 6.29 Å². The fraction of sp³-hybridized carbons (Fsp3) is 0.583. The van der Waals surface area contributed by atoms with E-state index in [2.05, 4.69) is 18.8 Å². The van der Waals surface area contributed by atoms with Gasteiger partial charge in [0.05, 0.1) is 13.2 Å². The zero-order chi connectivity index (χ0) is 10.8. The van der Waals surface area contributed by atoms with Crippen molar-refractivity contribution in [1.29, 1.82) is 0 Å². The number of nitrogens with one attached hydrogen (secondary N) is 1. The van der Waals surface area contributed by atoms with Gasteiger partial charge in [-0.25, -0.2) is 0 Å². The molecule has 3 nitrogen and oxygen atoms in total. The number of aromatic amines is 1. The highest BCUT2D eigenvalue weighted by atomic mass is 16.5. The summed E-state index contributed by atoms with van der Waals surface area (Å²) in [5.41, 5.74) is 4.85. The van der Waals surface area contributed by atoms with Gasteiger partial charge in [0.15, 0.2) is 0 Å². The molecule has 0 bridgehead atoms. The number of H-pyrrole nitrogens is 1.